The van der Waals surface area contributed by atoms with Crippen molar-refractivity contribution in [1.82, 2.24) is 0 Å². The topological polar surface area (TPSA) is 18.5 Å². The maximum Gasteiger partial charge on any atom is 0.124 e. The van der Waals surface area contributed by atoms with Gasteiger partial charge in [0.1, 0.15) is 11.5 Å². The van der Waals surface area contributed by atoms with E-state index in [-0.39, 0.29) is 7.92 Å². The Morgan fingerprint density at radius 1 is 0.718 bits per heavy atom. The molecule has 0 radical (unpaired) electrons. The molecule has 2 aromatic carbocycles. The molecular formula is C35H52O2P2. The van der Waals surface area contributed by atoms with E-state index in [0.29, 0.717) is 16.5 Å². The summed E-state index contributed by atoms with van der Waals surface area (Å²) in [5.74, 6) is 2.00. The predicted octanol–water partition coefficient (Wildman–Crippen LogP) is 9.55. The summed E-state index contributed by atoms with van der Waals surface area (Å²) in [6, 6.07) is 9.50. The smallest absolute Gasteiger partial charge is 0.124 e. The number of benzene rings is 2. The fourth-order valence-electron chi connectivity index (χ4n) is 6.06. The van der Waals surface area contributed by atoms with Crippen molar-refractivity contribution >= 4 is 26.5 Å². The van der Waals surface area contributed by atoms with Crippen LogP contribution in [0.3, 0.4) is 0 Å². The van der Waals surface area contributed by atoms with Gasteiger partial charge in [-0.25, -0.2) is 0 Å². The molecule has 0 fully saturated rings. The highest BCUT2D eigenvalue weighted by Crippen LogP contribution is 2.57. The van der Waals surface area contributed by atoms with Gasteiger partial charge < -0.3 is 9.47 Å². The van der Waals surface area contributed by atoms with Gasteiger partial charge in [-0.3, -0.25) is 0 Å². The van der Waals surface area contributed by atoms with Gasteiger partial charge in [-0.2, -0.15) is 0 Å². The van der Waals surface area contributed by atoms with Crippen LogP contribution in [0.5, 0.6) is 11.5 Å². The van der Waals surface area contributed by atoms with E-state index in [0.717, 1.165) is 17.9 Å². The molecule has 0 aromatic heterocycles. The van der Waals surface area contributed by atoms with Crippen molar-refractivity contribution in [1.29, 1.82) is 0 Å². The molecule has 0 saturated carbocycles. The maximum absolute atomic E-state index is 5.76. The molecule has 0 bridgehead atoms. The Morgan fingerprint density at radius 3 is 1.44 bits per heavy atom. The minimum absolute atomic E-state index is 0.166. The van der Waals surface area contributed by atoms with Crippen LogP contribution in [-0.2, 0) is 0 Å². The Balaban J connectivity index is 2.25. The first kappa shape index (κ1) is 31.9. The van der Waals surface area contributed by atoms with Crippen molar-refractivity contribution in [2.24, 2.45) is 10.8 Å². The van der Waals surface area contributed by atoms with Crippen LogP contribution in [-0.4, -0.2) is 32.2 Å². The highest BCUT2D eigenvalue weighted by molar-refractivity contribution is 7.77. The normalized spacial score (nSPS) is 15.1. The van der Waals surface area contributed by atoms with Gasteiger partial charge in [-0.15, -0.1) is 0 Å². The zero-order valence-corrected chi connectivity index (χ0v) is 28.7. The first-order chi connectivity index (χ1) is 18.1. The first-order valence-corrected chi connectivity index (χ1v) is 17.4. The fourth-order valence-corrected chi connectivity index (χ4v) is 12.9. The molecule has 214 valence electrons. The zero-order valence-electron chi connectivity index (χ0n) is 26.9. The Bertz CT molecular complexity index is 1120. The van der Waals surface area contributed by atoms with Crippen LogP contribution < -0.4 is 20.1 Å². The van der Waals surface area contributed by atoms with Crippen LogP contribution in [0.25, 0.3) is 0 Å². The van der Waals surface area contributed by atoms with Crippen molar-refractivity contribution in [2.45, 2.75) is 88.2 Å². The van der Waals surface area contributed by atoms with E-state index in [4.69, 9.17) is 9.47 Å². The largest absolute Gasteiger partial charge is 0.496 e. The van der Waals surface area contributed by atoms with Crippen LogP contribution in [0.1, 0.15) is 77.1 Å². The standard InChI is InChI=1S/C35H52O2P2/c1-23-17-28(18-24(2)32(23)36-12)39(29-19-25(3)33(37-13)26(4)20-29)31-16-14-15-30(31)27(5)38(21-34(6,7)8)22-35(9,10)11/h14,16-20,27H,15,21-22H2,1-13H3/t27-/m1/s1. The molecule has 4 heteroatoms. The number of methoxy groups -OCH3 is 2. The summed E-state index contributed by atoms with van der Waals surface area (Å²) in [7, 11) is 2.67. The lowest BCUT2D eigenvalue weighted by molar-refractivity contribution is 0.408. The number of rotatable bonds is 9. The summed E-state index contributed by atoms with van der Waals surface area (Å²) in [6.07, 6.45) is 8.56. The van der Waals surface area contributed by atoms with Crippen molar-refractivity contribution in [3.63, 3.8) is 0 Å². The second-order valence-electron chi connectivity index (χ2n) is 13.8. The van der Waals surface area contributed by atoms with Gasteiger partial charge in [0, 0.05) is 0 Å². The van der Waals surface area contributed by atoms with Crippen molar-refractivity contribution in [3.8, 4) is 11.5 Å². The van der Waals surface area contributed by atoms with Crippen LogP contribution in [0.4, 0.5) is 0 Å². The molecule has 2 nitrogen and oxygen atoms in total. The molecule has 0 spiro atoms. The molecule has 0 amide bonds. The van der Waals surface area contributed by atoms with Crippen LogP contribution >= 0.6 is 15.8 Å². The zero-order chi connectivity index (χ0) is 29.3. The van der Waals surface area contributed by atoms with Crippen molar-refractivity contribution in [3.05, 3.63) is 69.6 Å². The minimum Gasteiger partial charge on any atom is -0.496 e. The molecule has 0 heterocycles. The summed E-state index contributed by atoms with van der Waals surface area (Å²) < 4.78 is 11.5. The van der Waals surface area contributed by atoms with E-state index in [1.807, 2.05) is 0 Å². The molecule has 1 atom stereocenters. The number of aryl methyl sites for hydroxylation is 4. The first-order valence-electron chi connectivity index (χ1n) is 14.3. The highest BCUT2D eigenvalue weighted by atomic mass is 31.1. The van der Waals surface area contributed by atoms with E-state index in [2.05, 4.69) is 113 Å². The van der Waals surface area contributed by atoms with E-state index in [1.165, 1.54) is 45.2 Å². The van der Waals surface area contributed by atoms with Crippen molar-refractivity contribution < 1.29 is 9.47 Å². The highest BCUT2D eigenvalue weighted by Gasteiger charge is 2.33. The third-order valence-electron chi connectivity index (χ3n) is 7.41. The Morgan fingerprint density at radius 2 is 1.10 bits per heavy atom. The van der Waals surface area contributed by atoms with Gasteiger partial charge in [0.2, 0.25) is 0 Å². The van der Waals surface area contributed by atoms with Gasteiger partial charge >= 0.3 is 0 Å². The van der Waals surface area contributed by atoms with Gasteiger partial charge in [-0.1, -0.05) is 74.1 Å². The lowest BCUT2D eigenvalue weighted by Crippen LogP contribution is -2.23. The summed E-state index contributed by atoms with van der Waals surface area (Å²) in [4.78, 5) is 0. The fraction of sp³-hybridized carbons (Fsp3) is 0.543. The quantitative estimate of drug-likeness (QED) is 0.281. The molecule has 0 N–H and O–H groups in total. The van der Waals surface area contributed by atoms with Crippen LogP contribution in [0, 0.1) is 38.5 Å². The molecule has 0 saturated heterocycles. The van der Waals surface area contributed by atoms with Gasteiger partial charge in [0.05, 0.1) is 14.2 Å². The molecular weight excluding hydrogens is 514 g/mol. The minimum atomic E-state index is -0.722. The van der Waals surface area contributed by atoms with Gasteiger partial charge in [0.15, 0.2) is 0 Å². The number of ether oxygens (including phenoxy) is 2. The Hall–Kier alpha value is -1.62. The summed E-state index contributed by atoms with van der Waals surface area (Å²) in [6.45, 7) is 25.8. The van der Waals surface area contributed by atoms with Gasteiger partial charge in [0.25, 0.3) is 0 Å². The third-order valence-corrected chi connectivity index (χ3v) is 14.0. The van der Waals surface area contributed by atoms with Gasteiger partial charge in [-0.05, 0) is 133 Å². The Kier molecular flexibility index (Phi) is 10.2. The monoisotopic (exact) mass is 566 g/mol. The predicted molar refractivity (Wildman–Crippen MR) is 177 cm³/mol. The molecule has 0 aliphatic heterocycles. The van der Waals surface area contributed by atoms with Crippen LogP contribution in [0.2, 0.25) is 0 Å². The average Bonchev–Trinajstić information content (AvgIpc) is 3.25. The van der Waals surface area contributed by atoms with Crippen LogP contribution in [0.15, 0.2) is 47.3 Å². The van der Waals surface area contributed by atoms with E-state index >= 15 is 0 Å². The summed E-state index contributed by atoms with van der Waals surface area (Å²) >= 11 is 0. The second-order valence-corrected chi connectivity index (χ2v) is 18.6. The van der Waals surface area contributed by atoms with E-state index < -0.39 is 7.92 Å². The van der Waals surface area contributed by atoms with E-state index in [1.54, 1.807) is 25.1 Å². The molecule has 1 aliphatic rings. The number of hydrogen-bond acceptors (Lipinski definition) is 2. The second kappa shape index (κ2) is 12.5. The SMILES string of the molecule is COc1c(C)cc(P(C2=C([C@@H](C)P(CC(C)(C)C)CC(C)(C)C)CC=C2)c2cc(C)c(OC)c(C)c2)cc1C. The number of allylic oxidation sites excluding steroid dienone is 4. The lowest BCUT2D eigenvalue weighted by atomic mass is 10.00. The molecule has 1 aliphatic carbocycles. The number of hydrogen-bond donors (Lipinski definition) is 0. The maximum atomic E-state index is 5.76. The molecule has 0 unspecified atom stereocenters. The molecule has 3 rings (SSSR count). The lowest BCUT2D eigenvalue weighted by Gasteiger charge is -2.37. The van der Waals surface area contributed by atoms with E-state index in [9.17, 15) is 0 Å². The summed E-state index contributed by atoms with van der Waals surface area (Å²) in [5.41, 5.74) is 7.76. The molecule has 2 aromatic rings. The molecule has 39 heavy (non-hydrogen) atoms. The Labute approximate surface area is 242 Å². The van der Waals surface area contributed by atoms with Crippen molar-refractivity contribution in [2.75, 3.05) is 26.5 Å². The average molecular weight is 567 g/mol. The third kappa shape index (κ3) is 7.77. The summed E-state index contributed by atoms with van der Waals surface area (Å²) in [5, 5.41) is 4.37.